The molecule has 154 valence electrons. The number of H-pyrrole nitrogens is 1. The second kappa shape index (κ2) is 7.02. The van der Waals surface area contributed by atoms with Gasteiger partial charge >= 0.3 is 17.5 Å². The molecule has 31 heavy (non-hydrogen) atoms. The normalized spacial score (nSPS) is 11.8. The van der Waals surface area contributed by atoms with Crippen LogP contribution in [0, 0.1) is 0 Å². The van der Waals surface area contributed by atoms with Crippen molar-refractivity contribution in [2.45, 2.75) is 6.36 Å². The van der Waals surface area contributed by atoms with Gasteiger partial charge in [-0.3, -0.25) is 4.52 Å². The number of nitrogens with zero attached hydrogens (tertiary/aromatic N) is 1. The van der Waals surface area contributed by atoms with Crippen LogP contribution in [0.1, 0.15) is 0 Å². The lowest BCUT2D eigenvalue weighted by Gasteiger charge is -2.13. The highest BCUT2D eigenvalue weighted by molar-refractivity contribution is 6.05. The van der Waals surface area contributed by atoms with Crippen LogP contribution in [0.15, 0.2) is 88.2 Å². The molecule has 0 bridgehead atoms. The van der Waals surface area contributed by atoms with E-state index in [1.807, 2.05) is 60.7 Å². The first kappa shape index (κ1) is 18.9. The zero-order valence-corrected chi connectivity index (χ0v) is 15.8. The second-order valence-corrected chi connectivity index (χ2v) is 6.87. The second-order valence-electron chi connectivity index (χ2n) is 6.87. The minimum atomic E-state index is -4.83. The van der Waals surface area contributed by atoms with Crippen LogP contribution in [0.25, 0.3) is 38.7 Å². The van der Waals surface area contributed by atoms with Gasteiger partial charge in [0.15, 0.2) is 0 Å². The van der Waals surface area contributed by atoms with Crippen molar-refractivity contribution in [1.29, 1.82) is 0 Å². The Balaban J connectivity index is 1.98. The average molecular weight is 423 g/mol. The first-order valence-electron chi connectivity index (χ1n) is 9.32. The van der Waals surface area contributed by atoms with E-state index < -0.39 is 12.0 Å². The summed E-state index contributed by atoms with van der Waals surface area (Å²) in [4.78, 5) is 12.7. The van der Waals surface area contributed by atoms with E-state index in [1.54, 1.807) is 0 Å². The predicted octanol–water partition coefficient (Wildman–Crippen LogP) is 5.09. The number of halogens is 3. The highest BCUT2D eigenvalue weighted by Crippen LogP contribution is 2.40. The molecule has 0 aliphatic carbocycles. The number of nitrogens with one attached hydrogen (secondary N) is 1. The zero-order chi connectivity index (χ0) is 21.6. The topological polar surface area (TPSA) is 59.3 Å². The van der Waals surface area contributed by atoms with Gasteiger partial charge < -0.3 is 4.74 Å². The lowest BCUT2D eigenvalue weighted by atomic mass is 9.91. The number of aromatic amines is 1. The molecule has 0 aliphatic rings. The van der Waals surface area contributed by atoms with Crippen molar-refractivity contribution in [3.63, 3.8) is 0 Å². The van der Waals surface area contributed by atoms with Crippen molar-refractivity contribution in [1.82, 2.24) is 5.27 Å². The van der Waals surface area contributed by atoms with Crippen LogP contribution in [0.5, 0.6) is 5.75 Å². The quantitative estimate of drug-likeness (QED) is 0.411. The number of hydrogen-bond acceptors (Lipinski definition) is 3. The number of ether oxygens (including phenoxy) is 1. The monoisotopic (exact) mass is 423 g/mol. The van der Waals surface area contributed by atoms with E-state index in [1.165, 1.54) is 22.7 Å². The molecule has 1 N–H and O–H groups in total. The molecule has 0 saturated carbocycles. The fraction of sp³-hybridized carbons (Fsp3) is 0.0435. The van der Waals surface area contributed by atoms with Gasteiger partial charge in [-0.15, -0.1) is 13.2 Å². The maximum absolute atomic E-state index is 12.9. The summed E-state index contributed by atoms with van der Waals surface area (Å²) in [6.07, 6.45) is -4.83. The number of rotatable bonds is 3. The van der Waals surface area contributed by atoms with Gasteiger partial charge in [0.2, 0.25) is 5.52 Å². The highest BCUT2D eigenvalue weighted by Gasteiger charge is 2.33. The Morgan fingerprint density at radius 3 is 2.06 bits per heavy atom. The molecule has 5 rings (SSSR count). The number of alkyl halides is 3. The molecule has 5 aromatic rings. The Morgan fingerprint density at radius 2 is 1.45 bits per heavy atom. The summed E-state index contributed by atoms with van der Waals surface area (Å²) in [6.45, 7) is 0. The van der Waals surface area contributed by atoms with Gasteiger partial charge in [0, 0.05) is 11.6 Å². The van der Waals surface area contributed by atoms with Crippen molar-refractivity contribution in [3.8, 4) is 28.0 Å². The first-order chi connectivity index (χ1) is 14.9. The Kier molecular flexibility index (Phi) is 4.28. The third-order valence-electron chi connectivity index (χ3n) is 4.97. The molecule has 2 aromatic heterocycles. The van der Waals surface area contributed by atoms with Gasteiger partial charge in [0.05, 0.1) is 10.9 Å². The summed E-state index contributed by atoms with van der Waals surface area (Å²) in [5, 5.41) is 3.01. The molecule has 0 unspecified atom stereocenters. The maximum atomic E-state index is 12.9. The summed E-state index contributed by atoms with van der Waals surface area (Å²) in [5.41, 5.74) is 2.72. The van der Waals surface area contributed by atoms with Gasteiger partial charge in [0.1, 0.15) is 5.75 Å². The Bertz CT molecular complexity index is 1460. The van der Waals surface area contributed by atoms with Gasteiger partial charge in [-0.05, 0) is 33.0 Å². The summed E-state index contributed by atoms with van der Waals surface area (Å²) >= 11 is 0. The smallest absolute Gasteiger partial charge is 0.406 e. The summed E-state index contributed by atoms with van der Waals surface area (Å²) < 4.78 is 49.3. The zero-order valence-electron chi connectivity index (χ0n) is 15.8. The van der Waals surface area contributed by atoms with E-state index >= 15 is 0 Å². The Morgan fingerprint density at radius 1 is 0.839 bits per heavy atom. The standard InChI is InChI=1S/C23H13F3N2O3/c24-23(25,26)30-16-11-12-18-17(13-16)19(14-7-3-1-4-8-14)20(15-9-5-2-6-10-15)21-22(29)31-27-28(18)21/h1-13H/p+1. The fourth-order valence-corrected chi connectivity index (χ4v) is 3.81. The highest BCUT2D eigenvalue weighted by atomic mass is 19.4. The molecule has 8 heteroatoms. The van der Waals surface area contributed by atoms with Crippen molar-refractivity contribution in [2.75, 3.05) is 0 Å². The van der Waals surface area contributed by atoms with Crippen molar-refractivity contribution in [3.05, 3.63) is 89.3 Å². The van der Waals surface area contributed by atoms with Crippen LogP contribution in [-0.4, -0.2) is 11.6 Å². The lowest BCUT2D eigenvalue weighted by Crippen LogP contribution is -2.27. The van der Waals surface area contributed by atoms with Gasteiger partial charge in [0.25, 0.3) is 0 Å². The molecule has 2 heterocycles. The fourth-order valence-electron chi connectivity index (χ4n) is 3.81. The molecule has 0 atom stereocenters. The molecule has 0 saturated heterocycles. The largest absolute Gasteiger partial charge is 0.573 e. The molecular weight excluding hydrogens is 409 g/mol. The minimum Gasteiger partial charge on any atom is -0.406 e. The van der Waals surface area contributed by atoms with E-state index in [9.17, 15) is 18.0 Å². The number of fused-ring (bicyclic) bond motifs is 3. The van der Waals surface area contributed by atoms with E-state index in [0.717, 1.165) is 11.1 Å². The Hall–Kier alpha value is -4.07. The number of benzene rings is 3. The molecule has 0 radical (unpaired) electrons. The third kappa shape index (κ3) is 3.31. The molecule has 0 aliphatic heterocycles. The van der Waals surface area contributed by atoms with Gasteiger partial charge in [-0.2, -0.15) is 0 Å². The average Bonchev–Trinajstić information content (AvgIpc) is 3.14. The van der Waals surface area contributed by atoms with Crippen LogP contribution < -0.4 is 14.9 Å². The molecular formula is C23H14F3N2O3+. The minimum absolute atomic E-state index is 0.252. The van der Waals surface area contributed by atoms with Crippen LogP contribution in [0.3, 0.4) is 0 Å². The summed E-state index contributed by atoms with van der Waals surface area (Å²) in [7, 11) is 0. The van der Waals surface area contributed by atoms with Crippen molar-refractivity contribution in [2.24, 2.45) is 0 Å². The van der Waals surface area contributed by atoms with Crippen molar-refractivity contribution >= 4 is 16.4 Å². The van der Waals surface area contributed by atoms with Crippen LogP contribution >= 0.6 is 0 Å². The molecule has 3 aromatic carbocycles. The van der Waals surface area contributed by atoms with Crippen molar-refractivity contribution < 1.29 is 26.9 Å². The maximum Gasteiger partial charge on any atom is 0.573 e. The molecule has 0 fully saturated rings. The van der Waals surface area contributed by atoms with E-state index in [-0.39, 0.29) is 11.3 Å². The summed E-state index contributed by atoms with van der Waals surface area (Å²) in [5.74, 6) is -0.359. The van der Waals surface area contributed by atoms with Crippen LogP contribution in [0.2, 0.25) is 0 Å². The molecule has 0 amide bonds. The number of aromatic nitrogens is 2. The Labute approximate surface area is 172 Å². The summed E-state index contributed by atoms with van der Waals surface area (Å²) in [6, 6.07) is 22.3. The molecule has 5 nitrogen and oxygen atoms in total. The van der Waals surface area contributed by atoms with Crippen LogP contribution in [0.4, 0.5) is 13.2 Å². The first-order valence-corrected chi connectivity index (χ1v) is 9.32. The van der Waals surface area contributed by atoms with Crippen LogP contribution in [-0.2, 0) is 0 Å². The number of hydrogen-bond donors (Lipinski definition) is 1. The van der Waals surface area contributed by atoms with E-state index in [2.05, 4.69) is 10.0 Å². The lowest BCUT2D eigenvalue weighted by molar-refractivity contribution is -0.567. The third-order valence-corrected chi connectivity index (χ3v) is 4.97. The number of pyridine rings is 1. The van der Waals surface area contributed by atoms with E-state index in [4.69, 9.17) is 4.52 Å². The van der Waals surface area contributed by atoms with Gasteiger partial charge in [-0.1, -0.05) is 60.7 Å². The van der Waals surface area contributed by atoms with Gasteiger partial charge in [-0.25, -0.2) is 4.79 Å². The molecule has 0 spiro atoms. The SMILES string of the molecule is O=c1o[nH][n+]2c1c(-c1ccccc1)c(-c1ccccc1)c1cc(OC(F)(F)F)ccc12. The predicted molar refractivity (Wildman–Crippen MR) is 108 cm³/mol. The van der Waals surface area contributed by atoms with E-state index in [0.29, 0.717) is 22.0 Å².